The van der Waals surface area contributed by atoms with Crippen molar-refractivity contribution in [3.63, 3.8) is 0 Å². The third-order valence-electron chi connectivity index (χ3n) is 4.47. The first-order valence-corrected chi connectivity index (χ1v) is 12.6. The van der Waals surface area contributed by atoms with Gasteiger partial charge in [-0.15, -0.1) is 11.3 Å². The van der Waals surface area contributed by atoms with Crippen LogP contribution in [0.2, 0.25) is 0 Å². The van der Waals surface area contributed by atoms with Gasteiger partial charge in [0.25, 0.3) is 0 Å². The zero-order chi connectivity index (χ0) is 24.2. The average molecular weight is 490 g/mol. The van der Waals surface area contributed by atoms with Crippen molar-refractivity contribution in [3.8, 4) is 11.3 Å². The maximum atomic E-state index is 12.5. The summed E-state index contributed by atoms with van der Waals surface area (Å²) in [6.07, 6.45) is -0.143. The Bertz CT molecular complexity index is 1220. The molecule has 1 atom stereocenters. The highest BCUT2D eigenvalue weighted by molar-refractivity contribution is 7.87. The second-order valence-corrected chi connectivity index (χ2v) is 10.7. The summed E-state index contributed by atoms with van der Waals surface area (Å²) in [7, 11) is -4.35. The van der Waals surface area contributed by atoms with E-state index in [1.165, 1.54) is 23.5 Å². The summed E-state index contributed by atoms with van der Waals surface area (Å²) in [6.45, 7) is 7.40. The van der Waals surface area contributed by atoms with Gasteiger partial charge < -0.3 is 10.1 Å². The van der Waals surface area contributed by atoms with Gasteiger partial charge in [-0.05, 0) is 57.9 Å². The van der Waals surface area contributed by atoms with Crippen LogP contribution in [0, 0.1) is 6.92 Å². The van der Waals surface area contributed by atoms with E-state index in [1.807, 2.05) is 35.2 Å². The minimum atomic E-state index is -4.35. The van der Waals surface area contributed by atoms with E-state index >= 15 is 0 Å². The molecule has 0 fully saturated rings. The van der Waals surface area contributed by atoms with Gasteiger partial charge in [-0.1, -0.05) is 35.9 Å². The Morgan fingerprint density at radius 2 is 1.88 bits per heavy atom. The monoisotopic (exact) mass is 489 g/mol. The number of ether oxygens (including phenoxy) is 1. The molecular formula is C23H27N3O5S2. The molecule has 3 rings (SSSR count). The normalized spacial score (nSPS) is 12.8. The van der Waals surface area contributed by atoms with Crippen molar-refractivity contribution >= 4 is 33.4 Å². The van der Waals surface area contributed by atoms with Crippen molar-refractivity contribution in [1.29, 1.82) is 0 Å². The largest absolute Gasteiger partial charge is 0.444 e. The molecule has 0 spiro atoms. The van der Waals surface area contributed by atoms with Gasteiger partial charge >= 0.3 is 16.4 Å². The number of nitrogens with one attached hydrogen (secondary N) is 2. The SMILES string of the molecule is Cc1cccc(-c2csc(C(Cc3ccc(NS(=O)(=O)O)cc3)NC(=O)OC(C)(C)C)n2)c1. The second-order valence-electron chi connectivity index (χ2n) is 8.62. The van der Waals surface area contributed by atoms with Gasteiger partial charge in [0.05, 0.1) is 17.4 Å². The van der Waals surface area contributed by atoms with Gasteiger partial charge in [0, 0.05) is 10.9 Å². The van der Waals surface area contributed by atoms with Crippen LogP contribution in [-0.4, -0.2) is 29.6 Å². The molecule has 3 aromatic rings. The Labute approximate surface area is 197 Å². The number of carbonyl (C=O) groups is 1. The standard InChI is InChI=1S/C23H27N3O5S2/c1-15-6-5-7-17(12-15)20-14-32-21(24-20)19(25-22(27)31-23(2,3)4)13-16-8-10-18(11-9-16)26-33(28,29)30/h5-12,14,19,26H,13H2,1-4H3,(H,25,27)(H,28,29,30). The number of hydrogen-bond donors (Lipinski definition) is 3. The van der Waals surface area contributed by atoms with Crippen molar-refractivity contribution in [2.75, 3.05) is 4.72 Å². The van der Waals surface area contributed by atoms with Crippen LogP contribution in [0.1, 0.15) is 42.9 Å². The van der Waals surface area contributed by atoms with E-state index in [2.05, 4.69) is 11.4 Å². The molecule has 0 aliphatic carbocycles. The Kier molecular flexibility index (Phi) is 7.41. The topological polar surface area (TPSA) is 118 Å². The molecule has 1 aromatic heterocycles. The number of alkyl carbamates (subject to hydrolysis) is 1. The molecule has 0 saturated heterocycles. The molecule has 0 bridgehead atoms. The number of anilines is 1. The zero-order valence-electron chi connectivity index (χ0n) is 18.8. The fourth-order valence-corrected chi connectivity index (χ4v) is 4.44. The lowest BCUT2D eigenvalue weighted by Crippen LogP contribution is -2.35. The Morgan fingerprint density at radius 1 is 1.18 bits per heavy atom. The summed E-state index contributed by atoms with van der Waals surface area (Å²) in [5, 5.41) is 5.57. The first-order chi connectivity index (χ1) is 15.4. The highest BCUT2D eigenvalue weighted by Crippen LogP contribution is 2.28. The molecule has 1 amide bonds. The molecule has 176 valence electrons. The van der Waals surface area contributed by atoms with Crippen LogP contribution in [0.4, 0.5) is 10.5 Å². The molecule has 3 N–H and O–H groups in total. The first-order valence-electron chi connectivity index (χ1n) is 10.2. The van der Waals surface area contributed by atoms with Gasteiger partial charge in [0.1, 0.15) is 10.6 Å². The molecule has 10 heteroatoms. The maximum Gasteiger partial charge on any atom is 0.408 e. The smallest absolute Gasteiger partial charge is 0.408 e. The molecule has 33 heavy (non-hydrogen) atoms. The maximum absolute atomic E-state index is 12.5. The third kappa shape index (κ3) is 7.85. The lowest BCUT2D eigenvalue weighted by molar-refractivity contribution is 0.0503. The quantitative estimate of drug-likeness (QED) is 0.396. The van der Waals surface area contributed by atoms with Crippen LogP contribution in [0.5, 0.6) is 0 Å². The van der Waals surface area contributed by atoms with Crippen LogP contribution in [0.25, 0.3) is 11.3 Å². The number of rotatable bonds is 7. The number of nitrogens with zero attached hydrogens (tertiary/aromatic N) is 1. The number of aryl methyl sites for hydroxylation is 1. The molecule has 8 nitrogen and oxygen atoms in total. The van der Waals surface area contributed by atoms with Crippen molar-refractivity contribution in [2.24, 2.45) is 0 Å². The molecule has 0 saturated carbocycles. The third-order valence-corrected chi connectivity index (χ3v) is 5.92. The fraction of sp³-hybridized carbons (Fsp3) is 0.304. The molecule has 0 aliphatic heterocycles. The van der Waals surface area contributed by atoms with E-state index in [1.54, 1.807) is 32.9 Å². The number of amides is 1. The number of hydrogen-bond acceptors (Lipinski definition) is 6. The van der Waals surface area contributed by atoms with E-state index in [4.69, 9.17) is 14.3 Å². The minimum Gasteiger partial charge on any atom is -0.444 e. The summed E-state index contributed by atoms with van der Waals surface area (Å²) in [6, 6.07) is 14.1. The van der Waals surface area contributed by atoms with Crippen LogP contribution in [0.3, 0.4) is 0 Å². The van der Waals surface area contributed by atoms with Crippen molar-refractivity contribution < 1.29 is 22.5 Å². The fourth-order valence-electron chi connectivity index (χ4n) is 3.13. The number of benzene rings is 2. The number of thiazole rings is 1. The van der Waals surface area contributed by atoms with E-state index in [0.29, 0.717) is 6.42 Å². The van der Waals surface area contributed by atoms with E-state index in [-0.39, 0.29) is 5.69 Å². The lowest BCUT2D eigenvalue weighted by atomic mass is 10.1. The van der Waals surface area contributed by atoms with E-state index < -0.39 is 28.0 Å². The Balaban J connectivity index is 1.84. The van der Waals surface area contributed by atoms with Gasteiger partial charge in [0.15, 0.2) is 0 Å². The highest BCUT2D eigenvalue weighted by atomic mass is 32.2. The summed E-state index contributed by atoms with van der Waals surface area (Å²) >= 11 is 1.44. The summed E-state index contributed by atoms with van der Waals surface area (Å²) in [5.74, 6) is 0. The molecule has 0 radical (unpaired) electrons. The van der Waals surface area contributed by atoms with Crippen molar-refractivity contribution in [3.05, 3.63) is 70.0 Å². The van der Waals surface area contributed by atoms with Crippen LogP contribution in [-0.2, 0) is 21.5 Å². The highest BCUT2D eigenvalue weighted by Gasteiger charge is 2.23. The summed E-state index contributed by atoms with van der Waals surface area (Å²) in [5.41, 5.74) is 3.37. The van der Waals surface area contributed by atoms with Gasteiger partial charge in [0.2, 0.25) is 0 Å². The van der Waals surface area contributed by atoms with Gasteiger partial charge in [-0.2, -0.15) is 8.42 Å². The number of carbonyl (C=O) groups excluding carboxylic acids is 1. The van der Waals surface area contributed by atoms with Crippen molar-refractivity contribution in [1.82, 2.24) is 10.3 Å². The average Bonchev–Trinajstić information content (AvgIpc) is 3.16. The van der Waals surface area contributed by atoms with Crippen LogP contribution >= 0.6 is 11.3 Å². The predicted octanol–water partition coefficient (Wildman–Crippen LogP) is 5.14. The molecule has 1 unspecified atom stereocenters. The van der Waals surface area contributed by atoms with Crippen LogP contribution in [0.15, 0.2) is 53.9 Å². The summed E-state index contributed by atoms with van der Waals surface area (Å²) in [4.78, 5) is 17.3. The van der Waals surface area contributed by atoms with Gasteiger partial charge in [-0.3, -0.25) is 9.27 Å². The van der Waals surface area contributed by atoms with Gasteiger partial charge in [-0.25, -0.2) is 9.78 Å². The molecular weight excluding hydrogens is 462 g/mol. The van der Waals surface area contributed by atoms with Crippen molar-refractivity contribution in [2.45, 2.75) is 45.8 Å². The second kappa shape index (κ2) is 9.90. The molecule has 1 heterocycles. The van der Waals surface area contributed by atoms with E-state index in [9.17, 15) is 13.2 Å². The lowest BCUT2D eigenvalue weighted by Gasteiger charge is -2.23. The number of aromatic nitrogens is 1. The summed E-state index contributed by atoms with van der Waals surface area (Å²) < 4.78 is 38.4. The molecule has 0 aliphatic rings. The zero-order valence-corrected chi connectivity index (χ0v) is 20.5. The first kappa shape index (κ1) is 24.7. The Hall–Kier alpha value is -2.95. The molecule has 2 aromatic carbocycles. The minimum absolute atomic E-state index is 0.230. The van der Waals surface area contributed by atoms with Crippen LogP contribution < -0.4 is 10.0 Å². The Morgan fingerprint density at radius 3 is 2.48 bits per heavy atom. The van der Waals surface area contributed by atoms with E-state index in [0.717, 1.165) is 27.4 Å². The predicted molar refractivity (Wildman–Crippen MR) is 130 cm³/mol.